The quantitative estimate of drug-likeness (QED) is 0.562. The van der Waals surface area contributed by atoms with Crippen LogP contribution in [0.3, 0.4) is 0 Å². The van der Waals surface area contributed by atoms with E-state index in [2.05, 4.69) is 45.1 Å². The summed E-state index contributed by atoms with van der Waals surface area (Å²) in [6.45, 7) is 6.85. The van der Waals surface area contributed by atoms with Crippen molar-refractivity contribution in [2.45, 2.75) is 39.2 Å². The maximum absolute atomic E-state index is 12.5. The molecule has 1 aliphatic heterocycles. The van der Waals surface area contributed by atoms with Gasteiger partial charge < -0.3 is 9.64 Å². The molecule has 162 valence electrons. The Bertz CT molecular complexity index is 1070. The summed E-state index contributed by atoms with van der Waals surface area (Å²) >= 11 is 1.73. The van der Waals surface area contributed by atoms with Crippen molar-refractivity contribution in [1.82, 2.24) is 14.9 Å². The van der Waals surface area contributed by atoms with Crippen molar-refractivity contribution < 1.29 is 9.53 Å². The van der Waals surface area contributed by atoms with Gasteiger partial charge in [0.2, 0.25) is 5.82 Å². The topological polar surface area (TPSA) is 58.6 Å². The van der Waals surface area contributed by atoms with Crippen molar-refractivity contribution in [3.8, 4) is 0 Å². The number of esters is 1. The SMILES string of the molecule is CCOC(=O)c1nc(N2CCN(Cc3ccccc3)CC2)c2c3c(sc2n1)CCCC3. The van der Waals surface area contributed by atoms with Crippen LogP contribution in [0.15, 0.2) is 30.3 Å². The summed E-state index contributed by atoms with van der Waals surface area (Å²) in [5, 5.41) is 1.17. The molecule has 5 rings (SSSR count). The first kappa shape index (κ1) is 20.4. The molecule has 0 radical (unpaired) electrons. The minimum absolute atomic E-state index is 0.190. The summed E-state index contributed by atoms with van der Waals surface area (Å²) in [6, 6.07) is 10.6. The van der Waals surface area contributed by atoms with E-state index in [0.29, 0.717) is 6.61 Å². The first-order valence-corrected chi connectivity index (χ1v) is 12.0. The van der Waals surface area contributed by atoms with Crippen LogP contribution >= 0.6 is 11.3 Å². The zero-order chi connectivity index (χ0) is 21.2. The summed E-state index contributed by atoms with van der Waals surface area (Å²) in [6.07, 6.45) is 4.63. The molecule has 0 amide bonds. The minimum Gasteiger partial charge on any atom is -0.460 e. The van der Waals surface area contributed by atoms with Crippen LogP contribution < -0.4 is 4.90 Å². The molecule has 3 heterocycles. The van der Waals surface area contributed by atoms with E-state index in [4.69, 9.17) is 9.72 Å². The Morgan fingerprint density at radius 2 is 1.84 bits per heavy atom. The monoisotopic (exact) mass is 436 g/mol. The number of nitrogens with zero attached hydrogens (tertiary/aromatic N) is 4. The number of hydrogen-bond donors (Lipinski definition) is 0. The molecule has 0 bridgehead atoms. The van der Waals surface area contributed by atoms with Gasteiger partial charge in [-0.25, -0.2) is 14.8 Å². The van der Waals surface area contributed by atoms with Crippen LogP contribution in [0, 0.1) is 0 Å². The molecular formula is C24H28N4O2S. The molecule has 1 aliphatic carbocycles. The third-order valence-corrected chi connectivity index (χ3v) is 7.36. The fraction of sp³-hybridized carbons (Fsp3) is 0.458. The molecule has 1 fully saturated rings. The van der Waals surface area contributed by atoms with Gasteiger partial charge in [-0.3, -0.25) is 4.90 Å². The molecule has 1 saturated heterocycles. The van der Waals surface area contributed by atoms with Crippen LogP contribution in [0.25, 0.3) is 10.2 Å². The predicted octanol–water partition coefficient (Wildman–Crippen LogP) is 4.07. The highest BCUT2D eigenvalue weighted by Gasteiger charge is 2.27. The number of hydrogen-bond acceptors (Lipinski definition) is 7. The molecule has 1 aromatic carbocycles. The number of anilines is 1. The summed E-state index contributed by atoms with van der Waals surface area (Å²) in [4.78, 5) is 29.0. The molecule has 6 nitrogen and oxygen atoms in total. The molecule has 0 N–H and O–H groups in total. The summed E-state index contributed by atoms with van der Waals surface area (Å²) in [5.41, 5.74) is 2.75. The molecule has 0 saturated carbocycles. The number of ether oxygens (including phenoxy) is 1. The zero-order valence-corrected chi connectivity index (χ0v) is 18.8. The smallest absolute Gasteiger partial charge is 0.376 e. The Kier molecular flexibility index (Phi) is 5.87. The normalized spacial score (nSPS) is 17.0. The number of thiophene rings is 1. The van der Waals surface area contributed by atoms with E-state index in [9.17, 15) is 4.79 Å². The molecule has 0 atom stereocenters. The Morgan fingerprint density at radius 1 is 1.06 bits per heavy atom. The molecule has 3 aromatic rings. The average Bonchev–Trinajstić information content (AvgIpc) is 3.18. The summed E-state index contributed by atoms with van der Waals surface area (Å²) in [5.74, 6) is 0.682. The van der Waals surface area contributed by atoms with Crippen LogP contribution in [0.5, 0.6) is 0 Å². The number of piperazine rings is 1. The van der Waals surface area contributed by atoms with Crippen molar-refractivity contribution in [2.24, 2.45) is 0 Å². The highest BCUT2D eigenvalue weighted by molar-refractivity contribution is 7.19. The van der Waals surface area contributed by atoms with Gasteiger partial charge >= 0.3 is 5.97 Å². The van der Waals surface area contributed by atoms with E-state index in [1.807, 2.05) is 6.92 Å². The van der Waals surface area contributed by atoms with E-state index < -0.39 is 5.97 Å². The van der Waals surface area contributed by atoms with Gasteiger partial charge in [0.1, 0.15) is 10.6 Å². The van der Waals surface area contributed by atoms with E-state index in [1.54, 1.807) is 11.3 Å². The lowest BCUT2D eigenvalue weighted by Gasteiger charge is -2.36. The first-order valence-electron chi connectivity index (χ1n) is 11.2. The van der Waals surface area contributed by atoms with E-state index in [0.717, 1.165) is 56.2 Å². The van der Waals surface area contributed by atoms with Crippen LogP contribution in [0.4, 0.5) is 5.82 Å². The van der Waals surface area contributed by atoms with Gasteiger partial charge in [0.15, 0.2) is 0 Å². The van der Waals surface area contributed by atoms with Gasteiger partial charge in [0, 0.05) is 37.6 Å². The van der Waals surface area contributed by atoms with Crippen LogP contribution in [-0.2, 0) is 24.1 Å². The van der Waals surface area contributed by atoms with Crippen molar-refractivity contribution in [3.05, 3.63) is 52.2 Å². The lowest BCUT2D eigenvalue weighted by molar-refractivity contribution is 0.0512. The van der Waals surface area contributed by atoms with Crippen molar-refractivity contribution in [1.29, 1.82) is 0 Å². The molecule has 0 spiro atoms. The lowest BCUT2D eigenvalue weighted by Crippen LogP contribution is -2.46. The average molecular weight is 437 g/mol. The number of carbonyl (C=O) groups is 1. The molecule has 2 aliphatic rings. The second-order valence-corrected chi connectivity index (χ2v) is 9.31. The largest absolute Gasteiger partial charge is 0.460 e. The number of benzene rings is 1. The fourth-order valence-corrected chi connectivity index (χ4v) is 5.87. The molecule has 2 aromatic heterocycles. The van der Waals surface area contributed by atoms with Gasteiger partial charge in [-0.2, -0.15) is 0 Å². The maximum atomic E-state index is 12.5. The van der Waals surface area contributed by atoms with Crippen LogP contribution in [0.2, 0.25) is 0 Å². The molecule has 0 unspecified atom stereocenters. The van der Waals surface area contributed by atoms with E-state index in [1.165, 1.54) is 34.2 Å². The standard InChI is InChI=1S/C24H28N4O2S/c1-2-30-24(29)21-25-22(20-18-10-6-7-11-19(18)31-23(20)26-21)28-14-12-27(13-15-28)16-17-8-4-3-5-9-17/h3-5,8-9H,2,6-7,10-16H2,1H3. The van der Waals surface area contributed by atoms with E-state index in [-0.39, 0.29) is 5.82 Å². The van der Waals surface area contributed by atoms with Crippen molar-refractivity contribution in [2.75, 3.05) is 37.7 Å². The zero-order valence-electron chi connectivity index (χ0n) is 18.0. The number of aryl methyl sites for hydroxylation is 2. The van der Waals surface area contributed by atoms with Gasteiger partial charge in [-0.1, -0.05) is 30.3 Å². The van der Waals surface area contributed by atoms with Crippen LogP contribution in [-0.4, -0.2) is 53.6 Å². The van der Waals surface area contributed by atoms with Gasteiger partial charge in [-0.15, -0.1) is 11.3 Å². The van der Waals surface area contributed by atoms with Gasteiger partial charge in [0.25, 0.3) is 0 Å². The highest BCUT2D eigenvalue weighted by atomic mass is 32.1. The third kappa shape index (κ3) is 4.16. The first-order chi connectivity index (χ1) is 15.2. The highest BCUT2D eigenvalue weighted by Crippen LogP contribution is 2.40. The Hall–Kier alpha value is -2.51. The predicted molar refractivity (Wildman–Crippen MR) is 124 cm³/mol. The molecule has 31 heavy (non-hydrogen) atoms. The minimum atomic E-state index is -0.431. The fourth-order valence-electron chi connectivity index (χ4n) is 4.61. The Balaban J connectivity index is 1.44. The van der Waals surface area contributed by atoms with Gasteiger partial charge in [-0.05, 0) is 43.7 Å². The number of aromatic nitrogens is 2. The Morgan fingerprint density at radius 3 is 2.61 bits per heavy atom. The second kappa shape index (κ2) is 8.93. The number of carbonyl (C=O) groups excluding carboxylic acids is 1. The second-order valence-electron chi connectivity index (χ2n) is 8.23. The van der Waals surface area contributed by atoms with Crippen molar-refractivity contribution in [3.63, 3.8) is 0 Å². The maximum Gasteiger partial charge on any atom is 0.376 e. The molecular weight excluding hydrogens is 408 g/mol. The lowest BCUT2D eigenvalue weighted by atomic mass is 9.97. The summed E-state index contributed by atoms with van der Waals surface area (Å²) in [7, 11) is 0. The molecule has 7 heteroatoms. The van der Waals surface area contributed by atoms with Gasteiger partial charge in [0.05, 0.1) is 12.0 Å². The number of fused-ring (bicyclic) bond motifs is 3. The third-order valence-electron chi connectivity index (χ3n) is 6.17. The Labute approximate surface area is 186 Å². The number of rotatable bonds is 5. The van der Waals surface area contributed by atoms with Crippen molar-refractivity contribution >= 4 is 33.3 Å². The van der Waals surface area contributed by atoms with Crippen LogP contribution in [0.1, 0.15) is 46.4 Å². The summed E-state index contributed by atoms with van der Waals surface area (Å²) < 4.78 is 5.22. The van der Waals surface area contributed by atoms with E-state index >= 15 is 0 Å².